The van der Waals surface area contributed by atoms with E-state index in [4.69, 9.17) is 4.42 Å². The van der Waals surface area contributed by atoms with Crippen molar-refractivity contribution in [1.29, 1.82) is 0 Å². The molecule has 11 aromatic carbocycles. The molecule has 0 aliphatic carbocycles. The van der Waals surface area contributed by atoms with Gasteiger partial charge in [0, 0.05) is 27.7 Å². The average molecular weight is 790 g/mol. The van der Waals surface area contributed by atoms with Crippen molar-refractivity contribution in [3.05, 3.63) is 237 Å². The lowest BCUT2D eigenvalue weighted by atomic mass is 9.96. The fourth-order valence-electron chi connectivity index (χ4n) is 9.34. The van der Waals surface area contributed by atoms with Gasteiger partial charge in [0.2, 0.25) is 0 Å². The van der Waals surface area contributed by atoms with Crippen molar-refractivity contribution < 1.29 is 4.42 Å². The van der Waals surface area contributed by atoms with Crippen molar-refractivity contribution in [2.24, 2.45) is 0 Å². The number of furan rings is 1. The van der Waals surface area contributed by atoms with Gasteiger partial charge in [0.15, 0.2) is 0 Å². The number of hydrogen-bond acceptors (Lipinski definition) is 2. The maximum atomic E-state index is 6.26. The molecule has 0 bridgehead atoms. The quantitative estimate of drug-likeness (QED) is 0.150. The molecule has 0 spiro atoms. The first-order chi connectivity index (χ1) is 30.7. The smallest absolute Gasteiger partial charge is 0.136 e. The fraction of sp³-hybridized carbons (Fsp3) is 0. The summed E-state index contributed by atoms with van der Waals surface area (Å²) in [4.78, 5) is 2.39. The van der Waals surface area contributed by atoms with Gasteiger partial charge in [-0.05, 0) is 126 Å². The second kappa shape index (κ2) is 14.8. The van der Waals surface area contributed by atoms with E-state index in [2.05, 4.69) is 229 Å². The Hall–Kier alpha value is -8.20. The molecule has 12 rings (SSSR count). The van der Waals surface area contributed by atoms with Gasteiger partial charge in [-0.25, -0.2) is 0 Å². The Morgan fingerprint density at radius 3 is 1.55 bits per heavy atom. The first-order valence-electron chi connectivity index (χ1n) is 21.2. The molecule has 0 radical (unpaired) electrons. The first kappa shape index (κ1) is 35.7. The number of nitrogens with zero attached hydrogens (tertiary/aromatic N) is 1. The standard InChI is InChI=1S/C60H39NO/c1-2-12-47-38-49(29-24-40(47)10-1)53-14-5-7-17-57(53)61(51-36-32-45(33-37-51)54-16-9-19-59-60(54)55-15-6-8-18-58(55)62-59)50-34-30-42(31-35-50)41-20-22-43(23-21-41)48-28-27-46-26-25-44-11-3-4-13-52(44)56(46)39-48/h1-39H. The molecule has 2 nitrogen and oxygen atoms in total. The van der Waals surface area contributed by atoms with Crippen LogP contribution in [0.1, 0.15) is 0 Å². The number of anilines is 3. The lowest BCUT2D eigenvalue weighted by molar-refractivity contribution is 0.669. The Kier molecular flexibility index (Phi) is 8.53. The minimum absolute atomic E-state index is 0.899. The monoisotopic (exact) mass is 789 g/mol. The van der Waals surface area contributed by atoms with Crippen LogP contribution in [0.15, 0.2) is 241 Å². The van der Waals surface area contributed by atoms with E-state index in [1.807, 2.05) is 12.1 Å². The third kappa shape index (κ3) is 6.20. The summed E-state index contributed by atoms with van der Waals surface area (Å²) in [5.74, 6) is 0. The average Bonchev–Trinajstić information content (AvgIpc) is 3.74. The second-order valence-electron chi connectivity index (χ2n) is 16.1. The van der Waals surface area contributed by atoms with E-state index in [0.717, 1.165) is 50.1 Å². The van der Waals surface area contributed by atoms with E-state index in [1.54, 1.807) is 0 Å². The van der Waals surface area contributed by atoms with Gasteiger partial charge in [-0.2, -0.15) is 0 Å². The van der Waals surface area contributed by atoms with Crippen molar-refractivity contribution in [3.63, 3.8) is 0 Å². The summed E-state index contributed by atoms with van der Waals surface area (Å²) >= 11 is 0. The highest BCUT2D eigenvalue weighted by atomic mass is 16.3. The van der Waals surface area contributed by atoms with Gasteiger partial charge in [-0.15, -0.1) is 0 Å². The molecule has 12 aromatic rings. The molecule has 62 heavy (non-hydrogen) atoms. The molecule has 2 heteroatoms. The molecule has 0 aliphatic heterocycles. The van der Waals surface area contributed by atoms with Crippen molar-refractivity contribution in [1.82, 2.24) is 0 Å². The third-order valence-corrected chi connectivity index (χ3v) is 12.5. The minimum Gasteiger partial charge on any atom is -0.456 e. The van der Waals surface area contributed by atoms with Crippen LogP contribution >= 0.6 is 0 Å². The van der Waals surface area contributed by atoms with Crippen LogP contribution in [-0.2, 0) is 0 Å². The second-order valence-corrected chi connectivity index (χ2v) is 16.1. The van der Waals surface area contributed by atoms with Crippen molar-refractivity contribution in [2.45, 2.75) is 0 Å². The topological polar surface area (TPSA) is 16.4 Å². The van der Waals surface area contributed by atoms with Crippen LogP contribution in [0.5, 0.6) is 0 Å². The van der Waals surface area contributed by atoms with Gasteiger partial charge in [0.05, 0.1) is 5.69 Å². The van der Waals surface area contributed by atoms with Gasteiger partial charge in [-0.3, -0.25) is 0 Å². The lowest BCUT2D eigenvalue weighted by Crippen LogP contribution is -2.11. The zero-order chi connectivity index (χ0) is 41.0. The number of para-hydroxylation sites is 2. The molecule has 0 unspecified atom stereocenters. The predicted octanol–water partition coefficient (Wildman–Crippen LogP) is 17.2. The Morgan fingerprint density at radius 1 is 0.274 bits per heavy atom. The zero-order valence-corrected chi connectivity index (χ0v) is 33.9. The number of fused-ring (bicyclic) bond motifs is 7. The summed E-state index contributed by atoms with van der Waals surface area (Å²) in [5.41, 5.74) is 14.5. The Balaban J connectivity index is 0.925. The molecule has 0 aliphatic rings. The molecular weight excluding hydrogens is 751 g/mol. The normalized spacial score (nSPS) is 11.5. The highest BCUT2D eigenvalue weighted by molar-refractivity contribution is 6.12. The van der Waals surface area contributed by atoms with Crippen LogP contribution < -0.4 is 4.90 Å². The van der Waals surface area contributed by atoms with Crippen LogP contribution in [0.3, 0.4) is 0 Å². The van der Waals surface area contributed by atoms with E-state index in [1.165, 1.54) is 65.7 Å². The SMILES string of the molecule is c1ccc(N(c2ccc(-c3ccc(-c4ccc5ccc6ccccc6c5c4)cc3)cc2)c2ccc(-c3cccc4oc5ccccc5c34)cc2)c(-c2ccc3ccccc3c2)c1. The predicted molar refractivity (Wildman–Crippen MR) is 263 cm³/mol. The maximum absolute atomic E-state index is 6.26. The van der Waals surface area contributed by atoms with E-state index in [0.29, 0.717) is 0 Å². The summed E-state index contributed by atoms with van der Waals surface area (Å²) in [6.45, 7) is 0. The first-order valence-corrected chi connectivity index (χ1v) is 21.2. The highest BCUT2D eigenvalue weighted by Gasteiger charge is 2.19. The van der Waals surface area contributed by atoms with E-state index in [-0.39, 0.29) is 0 Å². The highest BCUT2D eigenvalue weighted by Crippen LogP contribution is 2.44. The summed E-state index contributed by atoms with van der Waals surface area (Å²) in [7, 11) is 0. The van der Waals surface area contributed by atoms with Crippen LogP contribution in [0, 0.1) is 0 Å². The largest absolute Gasteiger partial charge is 0.456 e. The fourth-order valence-corrected chi connectivity index (χ4v) is 9.34. The van der Waals surface area contributed by atoms with Gasteiger partial charge in [0.25, 0.3) is 0 Å². The molecule has 1 heterocycles. The maximum Gasteiger partial charge on any atom is 0.136 e. The van der Waals surface area contributed by atoms with Crippen LogP contribution in [0.25, 0.3) is 98.8 Å². The van der Waals surface area contributed by atoms with E-state index < -0.39 is 0 Å². The van der Waals surface area contributed by atoms with E-state index in [9.17, 15) is 0 Å². The Morgan fingerprint density at radius 2 is 0.774 bits per heavy atom. The summed E-state index contributed by atoms with van der Waals surface area (Å²) < 4.78 is 6.26. The Labute approximate surface area is 360 Å². The molecule has 1 aromatic heterocycles. The number of rotatable bonds is 7. The molecule has 0 fully saturated rings. The number of benzene rings is 11. The van der Waals surface area contributed by atoms with Crippen LogP contribution in [-0.4, -0.2) is 0 Å². The Bertz CT molecular complexity index is 3620. The van der Waals surface area contributed by atoms with E-state index >= 15 is 0 Å². The van der Waals surface area contributed by atoms with Crippen molar-refractivity contribution in [2.75, 3.05) is 4.90 Å². The van der Waals surface area contributed by atoms with Crippen molar-refractivity contribution in [3.8, 4) is 44.5 Å². The summed E-state index contributed by atoms with van der Waals surface area (Å²) in [6.07, 6.45) is 0. The number of hydrogen-bond donors (Lipinski definition) is 0. The van der Waals surface area contributed by atoms with Gasteiger partial charge in [-0.1, -0.05) is 182 Å². The molecule has 290 valence electrons. The molecule has 0 saturated carbocycles. The molecule has 0 atom stereocenters. The van der Waals surface area contributed by atoms with Gasteiger partial charge in [0.1, 0.15) is 11.2 Å². The molecule has 0 N–H and O–H groups in total. The van der Waals surface area contributed by atoms with Crippen LogP contribution in [0.2, 0.25) is 0 Å². The molecule has 0 amide bonds. The zero-order valence-electron chi connectivity index (χ0n) is 33.9. The van der Waals surface area contributed by atoms with Gasteiger partial charge >= 0.3 is 0 Å². The lowest BCUT2D eigenvalue weighted by Gasteiger charge is -2.28. The van der Waals surface area contributed by atoms with Gasteiger partial charge < -0.3 is 9.32 Å². The molecular formula is C60H39NO. The summed E-state index contributed by atoms with van der Waals surface area (Å²) in [6, 6.07) is 85.5. The minimum atomic E-state index is 0.899. The third-order valence-electron chi connectivity index (χ3n) is 12.5. The van der Waals surface area contributed by atoms with Crippen LogP contribution in [0.4, 0.5) is 17.1 Å². The molecule has 0 saturated heterocycles. The summed E-state index contributed by atoms with van der Waals surface area (Å²) in [5, 5.41) is 9.82. The van der Waals surface area contributed by atoms with Crippen molar-refractivity contribution >= 4 is 71.3 Å².